The van der Waals surface area contributed by atoms with Gasteiger partial charge in [0.1, 0.15) is 13.2 Å². The highest BCUT2D eigenvalue weighted by molar-refractivity contribution is 5.71. The van der Waals surface area contributed by atoms with Crippen LogP contribution in [-0.2, 0) is 28.6 Å². The van der Waals surface area contributed by atoms with Gasteiger partial charge in [-0.15, -0.1) is 0 Å². The molecule has 0 aliphatic carbocycles. The first-order valence-electron chi connectivity index (χ1n) is 26.7. The molecule has 0 aliphatic rings. The van der Waals surface area contributed by atoms with Crippen LogP contribution in [0.4, 0.5) is 0 Å². The van der Waals surface area contributed by atoms with Crippen LogP contribution in [0.1, 0.15) is 271 Å². The minimum Gasteiger partial charge on any atom is -0.462 e. The lowest BCUT2D eigenvalue weighted by atomic mass is 10.1. The molecule has 0 spiro atoms. The number of carbonyl (C=O) groups excluding carboxylic acids is 3. The Labute approximate surface area is 384 Å². The molecule has 62 heavy (non-hydrogen) atoms. The normalized spacial score (nSPS) is 12.4. The molecule has 0 bridgehead atoms. The van der Waals surface area contributed by atoms with Crippen molar-refractivity contribution in [3.8, 4) is 0 Å². The third-order valence-corrected chi connectivity index (χ3v) is 11.6. The van der Waals surface area contributed by atoms with E-state index in [0.29, 0.717) is 19.3 Å². The Morgan fingerprint density at radius 3 is 1.10 bits per heavy atom. The average Bonchev–Trinajstić information content (AvgIpc) is 3.27. The second-order valence-electron chi connectivity index (χ2n) is 17.8. The van der Waals surface area contributed by atoms with Crippen molar-refractivity contribution in [1.82, 2.24) is 0 Å². The summed E-state index contributed by atoms with van der Waals surface area (Å²) in [5, 5.41) is 0. The molecular formula is C56H100O6. The lowest BCUT2D eigenvalue weighted by Gasteiger charge is -2.18. The van der Waals surface area contributed by atoms with Crippen LogP contribution >= 0.6 is 0 Å². The summed E-state index contributed by atoms with van der Waals surface area (Å²) in [4.78, 5) is 38.0. The third kappa shape index (κ3) is 48.4. The van der Waals surface area contributed by atoms with E-state index in [4.69, 9.17) is 14.2 Å². The van der Waals surface area contributed by atoms with Gasteiger partial charge in [0, 0.05) is 19.3 Å². The zero-order valence-corrected chi connectivity index (χ0v) is 41.1. The van der Waals surface area contributed by atoms with Crippen molar-refractivity contribution in [3.63, 3.8) is 0 Å². The smallest absolute Gasteiger partial charge is 0.306 e. The minimum absolute atomic E-state index is 0.0750. The maximum atomic E-state index is 12.8. The predicted octanol–water partition coefficient (Wildman–Crippen LogP) is 17.5. The van der Waals surface area contributed by atoms with Crippen LogP contribution in [0, 0.1) is 0 Å². The van der Waals surface area contributed by atoms with E-state index in [1.807, 2.05) is 0 Å². The van der Waals surface area contributed by atoms with Gasteiger partial charge in [-0.1, -0.05) is 230 Å². The maximum absolute atomic E-state index is 12.8. The van der Waals surface area contributed by atoms with Gasteiger partial charge in [-0.05, 0) is 70.6 Å². The summed E-state index contributed by atoms with van der Waals surface area (Å²) in [7, 11) is 0. The number of rotatable bonds is 48. The van der Waals surface area contributed by atoms with Crippen molar-refractivity contribution in [2.24, 2.45) is 0 Å². The van der Waals surface area contributed by atoms with Crippen LogP contribution in [0.25, 0.3) is 0 Å². The summed E-state index contributed by atoms with van der Waals surface area (Å²) < 4.78 is 16.8. The van der Waals surface area contributed by atoms with Gasteiger partial charge in [0.05, 0.1) is 0 Å². The van der Waals surface area contributed by atoms with Crippen molar-refractivity contribution in [1.29, 1.82) is 0 Å². The largest absolute Gasteiger partial charge is 0.462 e. The number of unbranched alkanes of at least 4 members (excludes halogenated alkanes) is 30. The van der Waals surface area contributed by atoms with Crippen molar-refractivity contribution < 1.29 is 28.6 Å². The van der Waals surface area contributed by atoms with Crippen molar-refractivity contribution in [2.45, 2.75) is 277 Å². The van der Waals surface area contributed by atoms with Gasteiger partial charge in [-0.25, -0.2) is 0 Å². The van der Waals surface area contributed by atoms with Crippen molar-refractivity contribution in [3.05, 3.63) is 48.6 Å². The van der Waals surface area contributed by atoms with Crippen molar-refractivity contribution >= 4 is 17.9 Å². The number of hydrogen-bond donors (Lipinski definition) is 0. The molecule has 0 saturated heterocycles. The van der Waals surface area contributed by atoms with E-state index in [9.17, 15) is 14.4 Å². The van der Waals surface area contributed by atoms with Gasteiger partial charge in [0.25, 0.3) is 0 Å². The second kappa shape index (κ2) is 51.0. The summed E-state index contributed by atoms with van der Waals surface area (Å²) in [6.45, 7) is 6.51. The fourth-order valence-electron chi connectivity index (χ4n) is 7.59. The lowest BCUT2D eigenvalue weighted by molar-refractivity contribution is -0.167. The highest BCUT2D eigenvalue weighted by Crippen LogP contribution is 2.16. The highest BCUT2D eigenvalue weighted by Gasteiger charge is 2.19. The topological polar surface area (TPSA) is 78.9 Å². The summed E-state index contributed by atoms with van der Waals surface area (Å²) >= 11 is 0. The third-order valence-electron chi connectivity index (χ3n) is 11.6. The first-order chi connectivity index (χ1) is 30.5. The van der Waals surface area contributed by atoms with Gasteiger partial charge in [-0.2, -0.15) is 0 Å². The Morgan fingerprint density at radius 1 is 0.355 bits per heavy atom. The Kier molecular flexibility index (Phi) is 48.8. The zero-order valence-electron chi connectivity index (χ0n) is 41.1. The second-order valence-corrected chi connectivity index (χ2v) is 17.8. The molecule has 0 saturated carbocycles. The molecule has 6 nitrogen and oxygen atoms in total. The monoisotopic (exact) mass is 869 g/mol. The number of allylic oxidation sites excluding steroid dienone is 8. The standard InChI is InChI=1S/C56H100O6/c1-4-7-10-13-16-19-22-24-26-27-28-29-30-32-34-37-40-43-46-49-55(58)61-52-53(51-60-54(57)48-45-42-39-36-33-21-18-15-12-9-6-3)62-56(59)50-47-44-41-38-35-31-25-23-20-17-14-11-8-5-2/h8,11,16-17,19-20,22,24,53H,4-7,9-10,12-15,18,21,23,25-52H2,1-3H3/b11-8-,19-16-,20-17-,24-22-. The van der Waals surface area contributed by atoms with Gasteiger partial charge in [0.15, 0.2) is 6.10 Å². The number of ether oxygens (including phenoxy) is 3. The van der Waals surface area contributed by atoms with E-state index in [1.54, 1.807) is 0 Å². The average molecular weight is 869 g/mol. The lowest BCUT2D eigenvalue weighted by Crippen LogP contribution is -2.30. The maximum Gasteiger partial charge on any atom is 0.306 e. The van der Waals surface area contributed by atoms with Crippen LogP contribution in [0.5, 0.6) is 0 Å². The molecule has 6 heteroatoms. The van der Waals surface area contributed by atoms with Gasteiger partial charge >= 0.3 is 17.9 Å². The Bertz CT molecular complexity index is 1090. The highest BCUT2D eigenvalue weighted by atomic mass is 16.6. The van der Waals surface area contributed by atoms with Crippen LogP contribution in [0.3, 0.4) is 0 Å². The molecule has 0 fully saturated rings. The van der Waals surface area contributed by atoms with Crippen LogP contribution in [-0.4, -0.2) is 37.2 Å². The number of carbonyl (C=O) groups is 3. The van der Waals surface area contributed by atoms with Gasteiger partial charge in [-0.3, -0.25) is 14.4 Å². The van der Waals surface area contributed by atoms with Crippen LogP contribution in [0.2, 0.25) is 0 Å². The van der Waals surface area contributed by atoms with E-state index >= 15 is 0 Å². The molecule has 0 heterocycles. The molecule has 0 rings (SSSR count). The molecule has 0 aliphatic heterocycles. The molecule has 0 radical (unpaired) electrons. The Morgan fingerprint density at radius 2 is 0.677 bits per heavy atom. The number of hydrogen-bond acceptors (Lipinski definition) is 6. The molecule has 360 valence electrons. The summed E-state index contributed by atoms with van der Waals surface area (Å²) in [5.41, 5.74) is 0. The molecule has 0 amide bonds. The predicted molar refractivity (Wildman–Crippen MR) is 265 cm³/mol. The van der Waals surface area contributed by atoms with Crippen molar-refractivity contribution in [2.75, 3.05) is 13.2 Å². The summed E-state index contributed by atoms with van der Waals surface area (Å²) in [5.74, 6) is -0.879. The first-order valence-corrected chi connectivity index (χ1v) is 26.7. The zero-order chi connectivity index (χ0) is 45.1. The number of esters is 3. The Hall–Kier alpha value is -2.63. The summed E-state index contributed by atoms with van der Waals surface area (Å²) in [6.07, 6.45) is 60.9. The van der Waals surface area contributed by atoms with Crippen LogP contribution in [0.15, 0.2) is 48.6 Å². The quantitative estimate of drug-likeness (QED) is 0.0199. The van der Waals surface area contributed by atoms with E-state index in [1.165, 1.54) is 154 Å². The molecule has 1 unspecified atom stereocenters. The van der Waals surface area contributed by atoms with Gasteiger partial charge < -0.3 is 14.2 Å². The van der Waals surface area contributed by atoms with E-state index in [2.05, 4.69) is 69.4 Å². The fraction of sp³-hybridized carbons (Fsp3) is 0.804. The van der Waals surface area contributed by atoms with E-state index in [-0.39, 0.29) is 31.1 Å². The van der Waals surface area contributed by atoms with E-state index in [0.717, 1.165) is 77.0 Å². The molecule has 0 N–H and O–H groups in total. The Balaban J connectivity index is 4.32. The molecular weight excluding hydrogens is 769 g/mol. The first kappa shape index (κ1) is 59.4. The minimum atomic E-state index is -0.775. The summed E-state index contributed by atoms with van der Waals surface area (Å²) in [6, 6.07) is 0. The van der Waals surface area contributed by atoms with Gasteiger partial charge in [0.2, 0.25) is 0 Å². The SMILES string of the molecule is CC/C=C\C/C=C\CCCCCCCCCC(=O)OC(COC(=O)CCCCCCCCCCCCC)COC(=O)CCCCCCCCCCCC/C=C\C=C/CCCCC. The molecule has 1 atom stereocenters. The molecule has 0 aromatic rings. The van der Waals surface area contributed by atoms with E-state index < -0.39 is 6.10 Å². The molecule has 0 aromatic heterocycles. The fourth-order valence-corrected chi connectivity index (χ4v) is 7.59. The van der Waals surface area contributed by atoms with Crippen LogP contribution < -0.4 is 0 Å². The molecule has 0 aromatic carbocycles.